The van der Waals surface area contributed by atoms with Gasteiger partial charge < -0.3 is 5.11 Å². The van der Waals surface area contributed by atoms with E-state index in [0.717, 1.165) is 5.82 Å². The molecule has 4 nitrogen and oxygen atoms in total. The molecule has 0 bridgehead atoms. The van der Waals surface area contributed by atoms with Crippen LogP contribution >= 0.6 is 0 Å². The highest BCUT2D eigenvalue weighted by atomic mass is 16.3. The normalized spacial score (nSPS) is 19.5. The zero-order valence-electron chi connectivity index (χ0n) is 7.14. The van der Waals surface area contributed by atoms with Crippen LogP contribution < -0.4 is 0 Å². The van der Waals surface area contributed by atoms with Crippen molar-refractivity contribution in [3.8, 4) is 0 Å². The molecule has 12 heavy (non-hydrogen) atoms. The van der Waals surface area contributed by atoms with Crippen LogP contribution in [-0.4, -0.2) is 26.0 Å². The molecule has 0 amide bonds. The van der Waals surface area contributed by atoms with E-state index in [1.807, 2.05) is 7.05 Å². The highest BCUT2D eigenvalue weighted by molar-refractivity contribution is 4.91. The minimum Gasteiger partial charge on any atom is -0.392 e. The summed E-state index contributed by atoms with van der Waals surface area (Å²) in [5.74, 6) is 1.39. The summed E-state index contributed by atoms with van der Waals surface area (Å²) in [5.41, 5.74) is 0. The van der Waals surface area contributed by atoms with Crippen molar-refractivity contribution < 1.29 is 5.11 Å². The number of aryl methyl sites for hydroxylation is 1. The fourth-order valence-corrected chi connectivity index (χ4v) is 1.34. The van der Waals surface area contributed by atoms with Gasteiger partial charge in [-0.05, 0) is 18.8 Å². The van der Waals surface area contributed by atoms with Crippen LogP contribution in [0.25, 0.3) is 0 Å². The van der Waals surface area contributed by atoms with Gasteiger partial charge in [-0.25, -0.2) is 4.98 Å². The molecule has 0 saturated heterocycles. The van der Waals surface area contributed by atoms with Crippen LogP contribution in [0.1, 0.15) is 18.7 Å². The predicted molar refractivity (Wildman–Crippen MR) is 43.4 cm³/mol. The number of hydrogen-bond donors (Lipinski definition) is 1. The molecule has 1 unspecified atom stereocenters. The van der Waals surface area contributed by atoms with Crippen LogP contribution in [0.2, 0.25) is 0 Å². The molecule has 4 heteroatoms. The molecule has 0 radical (unpaired) electrons. The van der Waals surface area contributed by atoms with Gasteiger partial charge in [0.25, 0.3) is 0 Å². The molecule has 1 aromatic heterocycles. The van der Waals surface area contributed by atoms with Gasteiger partial charge in [-0.15, -0.1) is 0 Å². The average molecular weight is 167 g/mol. The van der Waals surface area contributed by atoms with Gasteiger partial charge in [0.15, 0.2) is 0 Å². The largest absolute Gasteiger partial charge is 0.392 e. The molecule has 1 atom stereocenters. The molecule has 1 N–H and O–H groups in total. The Balaban J connectivity index is 1.97. The molecular weight excluding hydrogens is 154 g/mol. The van der Waals surface area contributed by atoms with E-state index in [1.165, 1.54) is 19.2 Å². The van der Waals surface area contributed by atoms with E-state index in [1.54, 1.807) is 4.68 Å². The number of rotatable bonds is 3. The van der Waals surface area contributed by atoms with E-state index in [2.05, 4.69) is 10.1 Å². The zero-order chi connectivity index (χ0) is 8.55. The van der Waals surface area contributed by atoms with E-state index in [-0.39, 0.29) is 6.10 Å². The number of nitrogens with zero attached hydrogens (tertiary/aromatic N) is 3. The quantitative estimate of drug-likeness (QED) is 0.696. The first-order valence-corrected chi connectivity index (χ1v) is 4.28. The summed E-state index contributed by atoms with van der Waals surface area (Å²) in [7, 11) is 1.85. The lowest BCUT2D eigenvalue weighted by Gasteiger charge is -2.06. The molecule has 1 saturated carbocycles. The second kappa shape index (κ2) is 2.86. The van der Waals surface area contributed by atoms with Gasteiger partial charge in [-0.2, -0.15) is 5.10 Å². The lowest BCUT2D eigenvalue weighted by atomic mass is 10.1. The SMILES string of the molecule is Cn1ncnc1CC(O)C1CC1. The molecule has 1 aromatic rings. The molecule has 1 fully saturated rings. The molecule has 2 rings (SSSR count). The van der Waals surface area contributed by atoms with Crippen LogP contribution in [0.3, 0.4) is 0 Å². The van der Waals surface area contributed by atoms with Crippen LogP contribution in [0, 0.1) is 5.92 Å². The van der Waals surface area contributed by atoms with Gasteiger partial charge in [0.1, 0.15) is 12.2 Å². The van der Waals surface area contributed by atoms with Gasteiger partial charge in [-0.1, -0.05) is 0 Å². The second-order valence-electron chi connectivity index (χ2n) is 3.41. The molecule has 1 heterocycles. The summed E-state index contributed by atoms with van der Waals surface area (Å²) in [4.78, 5) is 4.06. The maximum absolute atomic E-state index is 9.60. The number of hydrogen-bond acceptors (Lipinski definition) is 3. The van der Waals surface area contributed by atoms with E-state index < -0.39 is 0 Å². The Morgan fingerprint density at radius 2 is 2.50 bits per heavy atom. The molecule has 1 aliphatic rings. The van der Waals surface area contributed by atoms with Crippen molar-refractivity contribution >= 4 is 0 Å². The minimum absolute atomic E-state index is 0.215. The Morgan fingerprint density at radius 1 is 1.75 bits per heavy atom. The van der Waals surface area contributed by atoms with Gasteiger partial charge in [0.05, 0.1) is 6.10 Å². The van der Waals surface area contributed by atoms with E-state index >= 15 is 0 Å². The number of aliphatic hydroxyl groups excluding tert-OH is 1. The van der Waals surface area contributed by atoms with Gasteiger partial charge in [0, 0.05) is 13.5 Å². The van der Waals surface area contributed by atoms with E-state index in [9.17, 15) is 5.11 Å². The molecule has 1 aliphatic carbocycles. The van der Waals surface area contributed by atoms with Crippen molar-refractivity contribution in [1.82, 2.24) is 14.8 Å². The monoisotopic (exact) mass is 167 g/mol. The van der Waals surface area contributed by atoms with Gasteiger partial charge >= 0.3 is 0 Å². The summed E-state index contributed by atoms with van der Waals surface area (Å²) < 4.78 is 1.71. The Morgan fingerprint density at radius 3 is 3.00 bits per heavy atom. The maximum atomic E-state index is 9.60. The molecular formula is C8H13N3O. The molecule has 0 aromatic carbocycles. The summed E-state index contributed by atoms with van der Waals surface area (Å²) in [6.07, 6.45) is 4.28. The fraction of sp³-hybridized carbons (Fsp3) is 0.750. The lowest BCUT2D eigenvalue weighted by molar-refractivity contribution is 0.148. The fourth-order valence-electron chi connectivity index (χ4n) is 1.34. The predicted octanol–water partition coefficient (Wildman–Crippen LogP) is 0.128. The van der Waals surface area contributed by atoms with Crippen LogP contribution in [0.4, 0.5) is 0 Å². The molecule has 66 valence electrons. The highest BCUT2D eigenvalue weighted by Gasteiger charge is 2.30. The number of aliphatic hydroxyl groups is 1. The van der Waals surface area contributed by atoms with Crippen LogP contribution in [-0.2, 0) is 13.5 Å². The number of aromatic nitrogens is 3. The smallest absolute Gasteiger partial charge is 0.138 e. The third-order valence-corrected chi connectivity index (χ3v) is 2.36. The summed E-state index contributed by atoms with van der Waals surface area (Å²) in [6.45, 7) is 0. The lowest BCUT2D eigenvalue weighted by Crippen LogP contribution is -2.16. The van der Waals surface area contributed by atoms with E-state index in [4.69, 9.17) is 0 Å². The van der Waals surface area contributed by atoms with Crippen LogP contribution in [0.5, 0.6) is 0 Å². The highest BCUT2D eigenvalue weighted by Crippen LogP contribution is 2.33. The van der Waals surface area contributed by atoms with Gasteiger partial charge in [0.2, 0.25) is 0 Å². The van der Waals surface area contributed by atoms with Crippen molar-refractivity contribution in [2.45, 2.75) is 25.4 Å². The Labute approximate surface area is 71.2 Å². The summed E-state index contributed by atoms with van der Waals surface area (Å²) in [5, 5.41) is 13.5. The average Bonchev–Trinajstić information content (AvgIpc) is 2.80. The minimum atomic E-state index is -0.215. The first kappa shape index (κ1) is 7.73. The first-order valence-electron chi connectivity index (χ1n) is 4.28. The van der Waals surface area contributed by atoms with Crippen molar-refractivity contribution in [3.05, 3.63) is 12.2 Å². The first-order chi connectivity index (χ1) is 5.77. The van der Waals surface area contributed by atoms with E-state index in [0.29, 0.717) is 12.3 Å². The third-order valence-electron chi connectivity index (χ3n) is 2.36. The maximum Gasteiger partial charge on any atom is 0.138 e. The Hall–Kier alpha value is -0.900. The summed E-state index contributed by atoms with van der Waals surface area (Å²) in [6, 6.07) is 0. The standard InChI is InChI=1S/C8H13N3O/c1-11-8(9-5-10-11)4-7(12)6-2-3-6/h5-7,12H,2-4H2,1H3. The topological polar surface area (TPSA) is 50.9 Å². The van der Waals surface area contributed by atoms with Crippen molar-refractivity contribution in [2.75, 3.05) is 0 Å². The van der Waals surface area contributed by atoms with Crippen molar-refractivity contribution in [3.63, 3.8) is 0 Å². The molecule has 0 aliphatic heterocycles. The summed E-state index contributed by atoms with van der Waals surface area (Å²) >= 11 is 0. The Bertz CT molecular complexity index is 267. The second-order valence-corrected chi connectivity index (χ2v) is 3.41. The van der Waals surface area contributed by atoms with Crippen molar-refractivity contribution in [1.29, 1.82) is 0 Å². The third kappa shape index (κ3) is 1.48. The molecule has 0 spiro atoms. The van der Waals surface area contributed by atoms with Crippen molar-refractivity contribution in [2.24, 2.45) is 13.0 Å². The Kier molecular flexibility index (Phi) is 1.84. The zero-order valence-corrected chi connectivity index (χ0v) is 7.14. The van der Waals surface area contributed by atoms with Crippen LogP contribution in [0.15, 0.2) is 6.33 Å². The van der Waals surface area contributed by atoms with Gasteiger partial charge in [-0.3, -0.25) is 4.68 Å².